The Bertz CT molecular complexity index is 671. The molecule has 0 spiro atoms. The lowest BCUT2D eigenvalue weighted by Gasteiger charge is -2.35. The van der Waals surface area contributed by atoms with Gasteiger partial charge in [-0.2, -0.15) is 0 Å². The first-order valence-electron chi connectivity index (χ1n) is 9.50. The van der Waals surface area contributed by atoms with Crippen LogP contribution in [0.15, 0.2) is 24.3 Å². The van der Waals surface area contributed by atoms with Gasteiger partial charge in [0.25, 0.3) is 0 Å². The second-order valence-corrected chi connectivity index (χ2v) is 7.71. The highest BCUT2D eigenvalue weighted by molar-refractivity contribution is 5.83. The maximum atomic E-state index is 13.1. The molecule has 0 radical (unpaired) electrons. The second-order valence-electron chi connectivity index (χ2n) is 7.71. The van der Waals surface area contributed by atoms with E-state index < -0.39 is 0 Å². The van der Waals surface area contributed by atoms with Gasteiger partial charge in [0.05, 0.1) is 5.92 Å². The Hall–Kier alpha value is -2.04. The van der Waals surface area contributed by atoms with Crippen LogP contribution in [-0.4, -0.2) is 54.8 Å². The summed E-state index contributed by atoms with van der Waals surface area (Å²) in [7, 11) is 2.09. The highest BCUT2D eigenvalue weighted by Crippen LogP contribution is 2.33. The van der Waals surface area contributed by atoms with Crippen LogP contribution in [0.2, 0.25) is 0 Å². The van der Waals surface area contributed by atoms with E-state index >= 15 is 0 Å². The minimum Gasteiger partial charge on any atom is -0.373 e. The van der Waals surface area contributed by atoms with E-state index in [2.05, 4.69) is 30.1 Å². The number of anilines is 1. The highest BCUT2D eigenvalue weighted by atomic mass is 16.2. The number of carbonyl (C=O) groups excluding carboxylic acids is 2. The molecule has 2 amide bonds. The van der Waals surface area contributed by atoms with E-state index in [1.165, 1.54) is 11.3 Å². The zero-order chi connectivity index (χ0) is 17.4. The first-order valence-corrected chi connectivity index (χ1v) is 9.50. The van der Waals surface area contributed by atoms with Crippen LogP contribution in [0.5, 0.6) is 0 Å². The van der Waals surface area contributed by atoms with Crippen molar-refractivity contribution in [2.24, 2.45) is 11.8 Å². The third-order valence-corrected chi connectivity index (χ3v) is 5.79. The van der Waals surface area contributed by atoms with Crippen molar-refractivity contribution in [1.82, 2.24) is 9.80 Å². The Morgan fingerprint density at radius 1 is 0.920 bits per heavy atom. The molecule has 134 valence electrons. The second kappa shape index (κ2) is 6.70. The zero-order valence-corrected chi connectivity index (χ0v) is 15.0. The largest absolute Gasteiger partial charge is 0.373 e. The van der Waals surface area contributed by atoms with Gasteiger partial charge in [0.2, 0.25) is 11.8 Å². The van der Waals surface area contributed by atoms with Crippen molar-refractivity contribution in [2.75, 3.05) is 38.1 Å². The lowest BCUT2D eigenvalue weighted by molar-refractivity contribution is -0.141. The van der Waals surface area contributed by atoms with Gasteiger partial charge in [0.15, 0.2) is 0 Å². The SMILES string of the molecule is CN1CCN(C(=O)[C@@H]2CCCN(C(=O)C3CC3)C2)Cc2ccccc21. The summed E-state index contributed by atoms with van der Waals surface area (Å²) in [6, 6.07) is 8.33. The Balaban J connectivity index is 1.46. The number of rotatable bonds is 2. The summed E-state index contributed by atoms with van der Waals surface area (Å²) in [5.41, 5.74) is 2.42. The van der Waals surface area contributed by atoms with Gasteiger partial charge in [-0.25, -0.2) is 0 Å². The average molecular weight is 341 g/mol. The lowest BCUT2D eigenvalue weighted by Crippen LogP contribution is -2.47. The molecule has 0 aromatic heterocycles. The molecule has 2 fully saturated rings. The maximum absolute atomic E-state index is 13.1. The summed E-state index contributed by atoms with van der Waals surface area (Å²) in [6.45, 7) is 3.70. The molecule has 2 heterocycles. The molecule has 1 aromatic rings. The molecule has 3 aliphatic rings. The lowest BCUT2D eigenvalue weighted by atomic mass is 9.95. The minimum absolute atomic E-state index is 0.0352. The number of likely N-dealkylation sites (N-methyl/N-ethyl adjacent to an activating group) is 1. The fraction of sp³-hybridized carbons (Fsp3) is 0.600. The van der Waals surface area contributed by atoms with E-state index in [9.17, 15) is 9.59 Å². The molecular formula is C20H27N3O2. The van der Waals surface area contributed by atoms with Crippen molar-refractivity contribution in [3.63, 3.8) is 0 Å². The van der Waals surface area contributed by atoms with Gasteiger partial charge >= 0.3 is 0 Å². The van der Waals surface area contributed by atoms with Crippen molar-refractivity contribution >= 4 is 17.5 Å². The smallest absolute Gasteiger partial charge is 0.227 e. The fourth-order valence-electron chi connectivity index (χ4n) is 4.11. The Morgan fingerprint density at radius 3 is 2.48 bits per heavy atom. The minimum atomic E-state index is -0.0352. The fourth-order valence-corrected chi connectivity index (χ4v) is 4.11. The number of benzene rings is 1. The summed E-state index contributed by atoms with van der Waals surface area (Å²) in [4.78, 5) is 31.7. The number of likely N-dealkylation sites (tertiary alicyclic amines) is 1. The van der Waals surface area contributed by atoms with Gasteiger partial charge in [-0.15, -0.1) is 0 Å². The van der Waals surface area contributed by atoms with Crippen LogP contribution in [0, 0.1) is 11.8 Å². The number of hydrogen-bond acceptors (Lipinski definition) is 3. The van der Waals surface area contributed by atoms with Gasteiger partial charge in [-0.1, -0.05) is 18.2 Å². The predicted octanol–water partition coefficient (Wildman–Crippen LogP) is 2.11. The van der Waals surface area contributed by atoms with Crippen molar-refractivity contribution in [1.29, 1.82) is 0 Å². The Morgan fingerprint density at radius 2 is 1.68 bits per heavy atom. The number of fused-ring (bicyclic) bond motifs is 1. The van der Waals surface area contributed by atoms with E-state index in [0.717, 1.165) is 45.3 Å². The summed E-state index contributed by atoms with van der Waals surface area (Å²) in [5.74, 6) is 0.705. The molecule has 1 aromatic carbocycles. The summed E-state index contributed by atoms with van der Waals surface area (Å²) < 4.78 is 0. The van der Waals surface area contributed by atoms with Crippen molar-refractivity contribution in [2.45, 2.75) is 32.2 Å². The van der Waals surface area contributed by atoms with Crippen LogP contribution in [0.1, 0.15) is 31.2 Å². The number of hydrogen-bond donors (Lipinski definition) is 0. The molecule has 5 nitrogen and oxygen atoms in total. The van der Waals surface area contributed by atoms with Gasteiger partial charge in [-0.05, 0) is 37.3 Å². The van der Waals surface area contributed by atoms with Crippen molar-refractivity contribution in [3.8, 4) is 0 Å². The predicted molar refractivity (Wildman–Crippen MR) is 97.2 cm³/mol. The van der Waals surface area contributed by atoms with Crippen molar-refractivity contribution in [3.05, 3.63) is 29.8 Å². The monoisotopic (exact) mass is 341 g/mol. The third-order valence-electron chi connectivity index (χ3n) is 5.79. The maximum Gasteiger partial charge on any atom is 0.227 e. The number of piperidine rings is 1. The molecular weight excluding hydrogens is 314 g/mol. The van der Waals surface area contributed by atoms with Crippen LogP contribution in [-0.2, 0) is 16.1 Å². The van der Waals surface area contributed by atoms with Gasteiger partial charge in [0.1, 0.15) is 0 Å². The molecule has 0 N–H and O–H groups in total. The normalized spacial score (nSPS) is 23.9. The van der Waals surface area contributed by atoms with Crippen LogP contribution in [0.25, 0.3) is 0 Å². The van der Waals surface area contributed by atoms with Crippen LogP contribution in [0.4, 0.5) is 5.69 Å². The van der Waals surface area contributed by atoms with Crippen LogP contribution in [0.3, 0.4) is 0 Å². The molecule has 4 rings (SSSR count). The van der Waals surface area contributed by atoms with Crippen LogP contribution >= 0.6 is 0 Å². The van der Waals surface area contributed by atoms with E-state index in [4.69, 9.17) is 0 Å². The number of nitrogens with zero attached hydrogens (tertiary/aromatic N) is 3. The van der Waals surface area contributed by atoms with E-state index in [1.54, 1.807) is 0 Å². The molecule has 1 saturated heterocycles. The average Bonchev–Trinajstić information content (AvgIpc) is 3.49. The van der Waals surface area contributed by atoms with Crippen molar-refractivity contribution < 1.29 is 9.59 Å². The number of carbonyl (C=O) groups is 2. The van der Waals surface area contributed by atoms with Gasteiger partial charge in [0, 0.05) is 51.4 Å². The topological polar surface area (TPSA) is 43.9 Å². The number of amides is 2. The standard InChI is InChI=1S/C20H27N3O2/c1-21-11-12-23(13-16-5-2-3-7-18(16)21)20(25)17-6-4-10-22(14-17)19(24)15-8-9-15/h2-3,5,7,15,17H,4,6,8-14H2,1H3/t17-/m1/s1. The zero-order valence-electron chi connectivity index (χ0n) is 15.0. The van der Waals surface area contributed by atoms with Gasteiger partial charge in [-0.3, -0.25) is 9.59 Å². The molecule has 1 saturated carbocycles. The first kappa shape index (κ1) is 16.4. The van der Waals surface area contributed by atoms with E-state index in [1.807, 2.05) is 15.9 Å². The Kier molecular flexibility index (Phi) is 4.40. The molecule has 1 atom stereocenters. The highest BCUT2D eigenvalue weighted by Gasteiger charge is 2.37. The van der Waals surface area contributed by atoms with E-state index in [-0.39, 0.29) is 23.7 Å². The number of para-hydroxylation sites is 1. The summed E-state index contributed by atoms with van der Waals surface area (Å²) >= 11 is 0. The molecule has 0 bridgehead atoms. The molecule has 25 heavy (non-hydrogen) atoms. The summed E-state index contributed by atoms with van der Waals surface area (Å²) in [5, 5.41) is 0. The molecule has 1 aliphatic carbocycles. The summed E-state index contributed by atoms with van der Waals surface area (Å²) in [6.07, 6.45) is 3.91. The Labute approximate surface area is 149 Å². The van der Waals surface area contributed by atoms with Crippen LogP contribution < -0.4 is 4.90 Å². The van der Waals surface area contributed by atoms with Gasteiger partial charge < -0.3 is 14.7 Å². The molecule has 0 unspecified atom stereocenters. The van der Waals surface area contributed by atoms with E-state index in [0.29, 0.717) is 13.1 Å². The third kappa shape index (κ3) is 3.37. The molecule has 2 aliphatic heterocycles. The molecule has 5 heteroatoms. The first-order chi connectivity index (χ1) is 12.1. The quantitative estimate of drug-likeness (QED) is 0.828.